The van der Waals surface area contributed by atoms with Gasteiger partial charge in [0.1, 0.15) is 0 Å². The first-order valence-electron chi connectivity index (χ1n) is 5.46. The van der Waals surface area contributed by atoms with Gasteiger partial charge in [-0.1, -0.05) is 24.3 Å². The summed E-state index contributed by atoms with van der Waals surface area (Å²) >= 11 is 0. The highest BCUT2D eigenvalue weighted by Gasteiger charge is 2.04. The Morgan fingerprint density at radius 1 is 1.18 bits per heavy atom. The average Bonchev–Trinajstić information content (AvgIpc) is 2.82. The lowest BCUT2D eigenvalue weighted by atomic mass is 10.1. The van der Waals surface area contributed by atoms with E-state index in [0.29, 0.717) is 12.3 Å². The van der Waals surface area contributed by atoms with Crippen LogP contribution < -0.4 is 5.73 Å². The summed E-state index contributed by atoms with van der Waals surface area (Å²) < 4.78 is 1.91. The van der Waals surface area contributed by atoms with Gasteiger partial charge in [0.25, 0.3) is 0 Å². The SMILES string of the molecule is NCc1ccc(-c2cn3cccnc3n2)cc1. The van der Waals surface area contributed by atoms with Gasteiger partial charge in [-0.25, -0.2) is 9.97 Å². The molecule has 1 aromatic carbocycles. The van der Waals surface area contributed by atoms with E-state index in [2.05, 4.69) is 9.97 Å². The van der Waals surface area contributed by atoms with Crippen molar-refractivity contribution in [1.82, 2.24) is 14.4 Å². The maximum Gasteiger partial charge on any atom is 0.234 e. The second kappa shape index (κ2) is 3.99. The molecule has 0 amide bonds. The van der Waals surface area contributed by atoms with Gasteiger partial charge in [0.15, 0.2) is 0 Å². The van der Waals surface area contributed by atoms with Crippen molar-refractivity contribution in [3.05, 3.63) is 54.5 Å². The highest BCUT2D eigenvalue weighted by atomic mass is 15.1. The van der Waals surface area contributed by atoms with Crippen molar-refractivity contribution in [3.8, 4) is 11.3 Å². The van der Waals surface area contributed by atoms with E-state index in [0.717, 1.165) is 16.8 Å². The zero-order chi connectivity index (χ0) is 11.7. The van der Waals surface area contributed by atoms with Crippen LogP contribution in [-0.4, -0.2) is 14.4 Å². The van der Waals surface area contributed by atoms with Gasteiger partial charge in [-0.05, 0) is 11.6 Å². The Bertz CT molecular complexity index is 607. The molecule has 2 N–H and O–H groups in total. The van der Waals surface area contributed by atoms with Crippen LogP contribution in [0.25, 0.3) is 17.0 Å². The molecule has 3 aromatic rings. The lowest BCUT2D eigenvalue weighted by Crippen LogP contribution is -1.95. The van der Waals surface area contributed by atoms with Crippen LogP contribution >= 0.6 is 0 Å². The van der Waals surface area contributed by atoms with Crippen molar-refractivity contribution in [3.63, 3.8) is 0 Å². The molecule has 0 aliphatic carbocycles. The Hall–Kier alpha value is -2.20. The number of hydrogen-bond acceptors (Lipinski definition) is 3. The van der Waals surface area contributed by atoms with E-state index in [9.17, 15) is 0 Å². The average molecular weight is 224 g/mol. The Kier molecular flexibility index (Phi) is 2.34. The highest BCUT2D eigenvalue weighted by molar-refractivity contribution is 5.61. The van der Waals surface area contributed by atoms with Crippen molar-refractivity contribution >= 4 is 5.78 Å². The summed E-state index contributed by atoms with van der Waals surface area (Å²) in [5, 5.41) is 0. The van der Waals surface area contributed by atoms with E-state index in [-0.39, 0.29) is 0 Å². The molecule has 0 saturated carbocycles. The van der Waals surface area contributed by atoms with Crippen LogP contribution in [0.3, 0.4) is 0 Å². The molecule has 0 spiro atoms. The van der Waals surface area contributed by atoms with Crippen LogP contribution in [0.1, 0.15) is 5.56 Å². The van der Waals surface area contributed by atoms with Crippen LogP contribution in [0, 0.1) is 0 Å². The monoisotopic (exact) mass is 224 g/mol. The fraction of sp³-hybridized carbons (Fsp3) is 0.0769. The molecule has 2 aromatic heterocycles. The number of imidazole rings is 1. The molecule has 3 rings (SSSR count). The van der Waals surface area contributed by atoms with Gasteiger partial charge in [0.2, 0.25) is 5.78 Å². The first-order chi connectivity index (χ1) is 8.36. The minimum atomic E-state index is 0.563. The number of aromatic nitrogens is 3. The van der Waals surface area contributed by atoms with Gasteiger partial charge in [-0.3, -0.25) is 4.40 Å². The zero-order valence-corrected chi connectivity index (χ0v) is 9.24. The molecule has 0 radical (unpaired) electrons. The Balaban J connectivity index is 2.07. The normalized spacial score (nSPS) is 10.9. The first kappa shape index (κ1) is 9.99. The fourth-order valence-electron chi connectivity index (χ4n) is 1.78. The number of nitrogens with zero attached hydrogens (tertiary/aromatic N) is 3. The van der Waals surface area contributed by atoms with Crippen LogP contribution in [0.2, 0.25) is 0 Å². The summed E-state index contributed by atoms with van der Waals surface area (Å²) in [6, 6.07) is 9.99. The largest absolute Gasteiger partial charge is 0.326 e. The molecule has 84 valence electrons. The van der Waals surface area contributed by atoms with Crippen molar-refractivity contribution in [1.29, 1.82) is 0 Å². The molecule has 0 bridgehead atoms. The molecule has 0 aliphatic rings. The van der Waals surface area contributed by atoms with Gasteiger partial charge in [0.05, 0.1) is 5.69 Å². The number of benzene rings is 1. The fourth-order valence-corrected chi connectivity index (χ4v) is 1.78. The van der Waals surface area contributed by atoms with E-state index in [1.54, 1.807) is 6.20 Å². The number of rotatable bonds is 2. The number of fused-ring (bicyclic) bond motifs is 1. The molecule has 0 fully saturated rings. The van der Waals surface area contributed by atoms with E-state index in [4.69, 9.17) is 5.73 Å². The van der Waals surface area contributed by atoms with Crippen LogP contribution in [0.5, 0.6) is 0 Å². The molecule has 0 atom stereocenters. The maximum absolute atomic E-state index is 5.57. The molecule has 0 unspecified atom stereocenters. The molecule has 4 heteroatoms. The highest BCUT2D eigenvalue weighted by Crippen LogP contribution is 2.18. The van der Waals surface area contributed by atoms with Gasteiger partial charge < -0.3 is 5.73 Å². The van der Waals surface area contributed by atoms with E-state index >= 15 is 0 Å². The first-order valence-corrected chi connectivity index (χ1v) is 5.46. The van der Waals surface area contributed by atoms with Crippen molar-refractivity contribution in [2.24, 2.45) is 5.73 Å². The molecule has 2 heterocycles. The van der Waals surface area contributed by atoms with Gasteiger partial charge in [-0.2, -0.15) is 0 Å². The lowest BCUT2D eigenvalue weighted by molar-refractivity contribution is 1.07. The third-order valence-electron chi connectivity index (χ3n) is 2.72. The summed E-state index contributed by atoms with van der Waals surface area (Å²) in [6.07, 6.45) is 5.65. The molecule has 4 nitrogen and oxygen atoms in total. The number of hydrogen-bond donors (Lipinski definition) is 1. The van der Waals surface area contributed by atoms with E-state index < -0.39 is 0 Å². The Morgan fingerprint density at radius 3 is 2.71 bits per heavy atom. The van der Waals surface area contributed by atoms with Gasteiger partial charge in [0, 0.05) is 30.7 Å². The van der Waals surface area contributed by atoms with Crippen molar-refractivity contribution in [2.45, 2.75) is 6.54 Å². The van der Waals surface area contributed by atoms with E-state index in [1.165, 1.54) is 0 Å². The summed E-state index contributed by atoms with van der Waals surface area (Å²) in [4.78, 5) is 8.65. The lowest BCUT2D eigenvalue weighted by Gasteiger charge is -1.98. The Morgan fingerprint density at radius 2 is 2.00 bits per heavy atom. The third-order valence-corrected chi connectivity index (χ3v) is 2.72. The standard InChI is InChI=1S/C13H12N4/c14-8-10-2-4-11(5-3-10)12-9-17-7-1-6-15-13(17)16-12/h1-7,9H,8,14H2. The van der Waals surface area contributed by atoms with Crippen LogP contribution in [-0.2, 0) is 6.54 Å². The summed E-state index contributed by atoms with van der Waals surface area (Å²) in [5.41, 5.74) is 8.69. The van der Waals surface area contributed by atoms with Gasteiger partial charge in [-0.15, -0.1) is 0 Å². The second-order valence-electron chi connectivity index (χ2n) is 3.85. The predicted octanol–water partition coefficient (Wildman–Crippen LogP) is 1.85. The second-order valence-corrected chi connectivity index (χ2v) is 3.85. The third kappa shape index (κ3) is 1.79. The smallest absolute Gasteiger partial charge is 0.234 e. The van der Waals surface area contributed by atoms with Crippen LogP contribution in [0.4, 0.5) is 0 Å². The molecular formula is C13H12N4. The number of nitrogens with two attached hydrogens (primary N) is 1. The van der Waals surface area contributed by atoms with E-state index in [1.807, 2.05) is 47.1 Å². The minimum absolute atomic E-state index is 0.563. The van der Waals surface area contributed by atoms with Crippen molar-refractivity contribution < 1.29 is 0 Å². The summed E-state index contributed by atoms with van der Waals surface area (Å²) in [6.45, 7) is 0.563. The molecule has 0 saturated heterocycles. The maximum atomic E-state index is 5.57. The molecule has 17 heavy (non-hydrogen) atoms. The zero-order valence-electron chi connectivity index (χ0n) is 9.24. The summed E-state index contributed by atoms with van der Waals surface area (Å²) in [5.74, 6) is 0.713. The van der Waals surface area contributed by atoms with Crippen LogP contribution in [0.15, 0.2) is 48.9 Å². The van der Waals surface area contributed by atoms with Crippen molar-refractivity contribution in [2.75, 3.05) is 0 Å². The molecular weight excluding hydrogens is 212 g/mol. The van der Waals surface area contributed by atoms with Gasteiger partial charge >= 0.3 is 0 Å². The topological polar surface area (TPSA) is 56.2 Å². The molecule has 0 aliphatic heterocycles. The minimum Gasteiger partial charge on any atom is -0.326 e. The summed E-state index contributed by atoms with van der Waals surface area (Å²) in [7, 11) is 0. The quantitative estimate of drug-likeness (QED) is 0.722. The Labute approximate surface area is 98.8 Å². The predicted molar refractivity (Wildman–Crippen MR) is 66.3 cm³/mol.